The molecule has 2 heterocycles. The third-order valence-electron chi connectivity index (χ3n) is 2.07. The van der Waals surface area contributed by atoms with Crippen LogP contribution in [0.2, 0.25) is 0 Å². The molecule has 13 heavy (non-hydrogen) atoms. The van der Waals surface area contributed by atoms with Gasteiger partial charge in [0.15, 0.2) is 0 Å². The Bertz CT molecular complexity index is 447. The Balaban J connectivity index is 2.85. The maximum atomic E-state index is 5.80. The fraction of sp³-hybridized carbons (Fsp3) is 0.300. The van der Waals surface area contributed by atoms with Crippen molar-refractivity contribution in [2.75, 3.05) is 0 Å². The SMILES string of the molecule is Cc1cc2occ(C)c2c(CCl)n1. The highest BCUT2D eigenvalue weighted by Crippen LogP contribution is 2.24. The Kier molecular flexibility index (Phi) is 2.00. The van der Waals surface area contributed by atoms with Crippen LogP contribution >= 0.6 is 11.6 Å². The van der Waals surface area contributed by atoms with E-state index in [4.69, 9.17) is 16.0 Å². The van der Waals surface area contributed by atoms with Crippen molar-refractivity contribution in [1.29, 1.82) is 0 Å². The first-order valence-electron chi connectivity index (χ1n) is 4.12. The summed E-state index contributed by atoms with van der Waals surface area (Å²) in [6.07, 6.45) is 1.74. The molecule has 2 aromatic rings. The highest BCUT2D eigenvalue weighted by molar-refractivity contribution is 6.17. The van der Waals surface area contributed by atoms with Crippen molar-refractivity contribution < 1.29 is 4.42 Å². The second-order valence-electron chi connectivity index (χ2n) is 3.14. The Morgan fingerprint density at radius 1 is 1.46 bits per heavy atom. The topological polar surface area (TPSA) is 26.0 Å². The molecule has 3 heteroatoms. The number of halogens is 1. The van der Waals surface area contributed by atoms with Gasteiger partial charge in [0.1, 0.15) is 5.58 Å². The molecular formula is C10H10ClNO. The van der Waals surface area contributed by atoms with Crippen molar-refractivity contribution in [2.24, 2.45) is 0 Å². The number of pyridine rings is 1. The van der Waals surface area contributed by atoms with Gasteiger partial charge >= 0.3 is 0 Å². The molecule has 0 radical (unpaired) electrons. The number of furan rings is 1. The maximum Gasteiger partial charge on any atom is 0.137 e. The number of nitrogens with zero attached hydrogens (tertiary/aromatic N) is 1. The molecule has 0 amide bonds. The van der Waals surface area contributed by atoms with E-state index in [0.717, 1.165) is 27.9 Å². The first kappa shape index (κ1) is 8.57. The predicted octanol–water partition coefficient (Wildman–Crippen LogP) is 3.18. The molecule has 0 saturated heterocycles. The Labute approximate surface area is 81.5 Å². The molecule has 0 aliphatic heterocycles. The molecule has 2 nitrogen and oxygen atoms in total. The molecule has 0 aliphatic carbocycles. The summed E-state index contributed by atoms with van der Waals surface area (Å²) in [6, 6.07) is 1.93. The van der Waals surface area contributed by atoms with Gasteiger partial charge in [-0.1, -0.05) is 0 Å². The third-order valence-corrected chi connectivity index (χ3v) is 2.32. The molecule has 0 atom stereocenters. The van der Waals surface area contributed by atoms with Gasteiger partial charge in [-0.05, 0) is 19.4 Å². The molecule has 0 N–H and O–H groups in total. The van der Waals surface area contributed by atoms with Crippen LogP contribution in [0.1, 0.15) is 17.0 Å². The first-order valence-corrected chi connectivity index (χ1v) is 4.66. The van der Waals surface area contributed by atoms with Gasteiger partial charge in [-0.2, -0.15) is 0 Å². The lowest BCUT2D eigenvalue weighted by molar-refractivity contribution is 0.612. The van der Waals surface area contributed by atoms with Crippen LogP contribution in [-0.2, 0) is 5.88 Å². The minimum Gasteiger partial charge on any atom is -0.464 e. The summed E-state index contributed by atoms with van der Waals surface area (Å²) in [6.45, 7) is 3.94. The summed E-state index contributed by atoms with van der Waals surface area (Å²) in [5.74, 6) is 0.429. The Hall–Kier alpha value is -1.02. The van der Waals surface area contributed by atoms with E-state index in [1.54, 1.807) is 6.26 Å². The van der Waals surface area contributed by atoms with Crippen molar-refractivity contribution >= 4 is 22.6 Å². The molecular weight excluding hydrogens is 186 g/mol. The molecule has 2 aromatic heterocycles. The van der Waals surface area contributed by atoms with Crippen LogP contribution in [0, 0.1) is 13.8 Å². The van der Waals surface area contributed by atoms with Crippen LogP contribution in [0.15, 0.2) is 16.7 Å². The molecule has 68 valence electrons. The van der Waals surface area contributed by atoms with Crippen molar-refractivity contribution in [3.8, 4) is 0 Å². The van der Waals surface area contributed by atoms with Gasteiger partial charge < -0.3 is 4.42 Å². The number of aryl methyl sites for hydroxylation is 2. The van der Waals surface area contributed by atoms with Gasteiger partial charge in [-0.15, -0.1) is 11.6 Å². The van der Waals surface area contributed by atoms with E-state index >= 15 is 0 Å². The summed E-state index contributed by atoms with van der Waals surface area (Å²) < 4.78 is 5.37. The van der Waals surface area contributed by atoms with Crippen molar-refractivity contribution in [3.63, 3.8) is 0 Å². The van der Waals surface area contributed by atoms with Gasteiger partial charge in [0.2, 0.25) is 0 Å². The molecule has 0 spiro atoms. The number of rotatable bonds is 1. The normalized spacial score (nSPS) is 11.0. The summed E-state index contributed by atoms with van der Waals surface area (Å²) in [4.78, 5) is 4.36. The van der Waals surface area contributed by atoms with Crippen LogP contribution in [0.4, 0.5) is 0 Å². The average molecular weight is 196 g/mol. The zero-order valence-corrected chi connectivity index (χ0v) is 8.35. The Morgan fingerprint density at radius 2 is 2.23 bits per heavy atom. The molecule has 0 aromatic carbocycles. The first-order chi connectivity index (χ1) is 6.22. The highest BCUT2D eigenvalue weighted by atomic mass is 35.5. The monoisotopic (exact) mass is 195 g/mol. The van der Waals surface area contributed by atoms with Crippen molar-refractivity contribution in [2.45, 2.75) is 19.7 Å². The van der Waals surface area contributed by atoms with Gasteiger partial charge in [-0.3, -0.25) is 4.98 Å². The number of hydrogen-bond acceptors (Lipinski definition) is 2. The van der Waals surface area contributed by atoms with Gasteiger partial charge in [0.05, 0.1) is 17.8 Å². The minimum absolute atomic E-state index is 0.429. The van der Waals surface area contributed by atoms with Crippen LogP contribution in [0.25, 0.3) is 11.0 Å². The quantitative estimate of drug-likeness (QED) is 0.654. The standard InChI is InChI=1S/C10H10ClNO/c1-6-5-13-9-3-7(2)12-8(4-11)10(6)9/h3,5H,4H2,1-2H3. The molecule has 0 aliphatic rings. The summed E-state index contributed by atoms with van der Waals surface area (Å²) in [5.41, 5.74) is 3.82. The summed E-state index contributed by atoms with van der Waals surface area (Å²) in [5, 5.41) is 1.06. The molecule has 0 fully saturated rings. The molecule has 0 unspecified atom stereocenters. The minimum atomic E-state index is 0.429. The fourth-order valence-electron chi connectivity index (χ4n) is 1.53. The van der Waals surface area contributed by atoms with Crippen LogP contribution in [-0.4, -0.2) is 4.98 Å². The maximum absolute atomic E-state index is 5.80. The lowest BCUT2D eigenvalue weighted by Crippen LogP contribution is -1.90. The smallest absolute Gasteiger partial charge is 0.137 e. The second-order valence-corrected chi connectivity index (χ2v) is 3.40. The molecule has 0 saturated carbocycles. The third kappa shape index (κ3) is 1.31. The van der Waals surface area contributed by atoms with Gasteiger partial charge in [0, 0.05) is 17.1 Å². The highest BCUT2D eigenvalue weighted by Gasteiger charge is 2.08. The van der Waals surface area contributed by atoms with E-state index in [1.165, 1.54) is 0 Å². The zero-order valence-electron chi connectivity index (χ0n) is 7.60. The van der Waals surface area contributed by atoms with Crippen molar-refractivity contribution in [3.05, 3.63) is 29.3 Å². The zero-order chi connectivity index (χ0) is 9.42. The van der Waals surface area contributed by atoms with Crippen LogP contribution in [0.3, 0.4) is 0 Å². The number of aromatic nitrogens is 1. The average Bonchev–Trinajstić information content (AvgIpc) is 2.46. The Morgan fingerprint density at radius 3 is 2.92 bits per heavy atom. The summed E-state index contributed by atoms with van der Waals surface area (Å²) >= 11 is 5.80. The lowest BCUT2D eigenvalue weighted by atomic mass is 10.1. The number of alkyl halides is 1. The number of fused-ring (bicyclic) bond motifs is 1. The van der Waals surface area contributed by atoms with E-state index in [1.807, 2.05) is 19.9 Å². The largest absolute Gasteiger partial charge is 0.464 e. The van der Waals surface area contributed by atoms with Crippen LogP contribution < -0.4 is 0 Å². The van der Waals surface area contributed by atoms with E-state index in [-0.39, 0.29) is 0 Å². The van der Waals surface area contributed by atoms with Crippen molar-refractivity contribution in [1.82, 2.24) is 4.98 Å². The van der Waals surface area contributed by atoms with E-state index in [0.29, 0.717) is 5.88 Å². The van der Waals surface area contributed by atoms with E-state index < -0.39 is 0 Å². The lowest BCUT2D eigenvalue weighted by Gasteiger charge is -1.99. The molecule has 0 bridgehead atoms. The second kappa shape index (κ2) is 3.04. The van der Waals surface area contributed by atoms with E-state index in [2.05, 4.69) is 4.98 Å². The van der Waals surface area contributed by atoms with E-state index in [9.17, 15) is 0 Å². The van der Waals surface area contributed by atoms with Gasteiger partial charge in [0.25, 0.3) is 0 Å². The molecule has 2 rings (SSSR count). The number of hydrogen-bond donors (Lipinski definition) is 0. The predicted molar refractivity (Wildman–Crippen MR) is 53.0 cm³/mol. The fourth-order valence-corrected chi connectivity index (χ4v) is 1.72. The van der Waals surface area contributed by atoms with Crippen LogP contribution in [0.5, 0.6) is 0 Å². The van der Waals surface area contributed by atoms with Gasteiger partial charge in [-0.25, -0.2) is 0 Å². The summed E-state index contributed by atoms with van der Waals surface area (Å²) in [7, 11) is 0.